The first-order valence-corrected chi connectivity index (χ1v) is 9.66. The molecule has 1 heterocycles. The van der Waals surface area contributed by atoms with Crippen LogP contribution in [-0.4, -0.2) is 21.9 Å². The number of hydrogen-bond donors (Lipinski definition) is 2. The summed E-state index contributed by atoms with van der Waals surface area (Å²) >= 11 is 2.62. The Balaban J connectivity index is 1.53. The summed E-state index contributed by atoms with van der Waals surface area (Å²) in [6.07, 6.45) is 0. The van der Waals surface area contributed by atoms with Crippen LogP contribution in [0.4, 0.5) is 20.9 Å². The van der Waals surface area contributed by atoms with Crippen LogP contribution < -0.4 is 10.6 Å². The first-order valence-electron chi connectivity index (χ1n) is 7.85. The molecule has 0 unspecified atom stereocenters. The fourth-order valence-corrected chi connectivity index (χ4v) is 3.77. The van der Waals surface area contributed by atoms with E-state index in [0.29, 0.717) is 9.47 Å². The molecule has 8 heteroatoms. The SMILES string of the molecule is Cc1cccc(Nc2nnc(SCC(=O)Nc3ccc(C)cc3F)s2)c1. The largest absolute Gasteiger partial charge is 0.330 e. The summed E-state index contributed by atoms with van der Waals surface area (Å²) in [7, 11) is 0. The van der Waals surface area contributed by atoms with Crippen LogP contribution >= 0.6 is 23.1 Å². The Morgan fingerprint density at radius 3 is 2.73 bits per heavy atom. The molecule has 0 saturated heterocycles. The van der Waals surface area contributed by atoms with Crippen LogP contribution in [0.2, 0.25) is 0 Å². The lowest BCUT2D eigenvalue weighted by molar-refractivity contribution is -0.113. The number of amides is 1. The van der Waals surface area contributed by atoms with Crippen molar-refractivity contribution in [3.05, 3.63) is 59.4 Å². The maximum atomic E-state index is 13.8. The highest BCUT2D eigenvalue weighted by Crippen LogP contribution is 2.28. The monoisotopic (exact) mass is 388 g/mol. The topological polar surface area (TPSA) is 66.9 Å². The van der Waals surface area contributed by atoms with Gasteiger partial charge in [0, 0.05) is 5.69 Å². The molecule has 1 aromatic heterocycles. The lowest BCUT2D eigenvalue weighted by Gasteiger charge is -2.06. The molecular weight excluding hydrogens is 371 g/mol. The van der Waals surface area contributed by atoms with Crippen LogP contribution in [-0.2, 0) is 4.79 Å². The van der Waals surface area contributed by atoms with Crippen LogP contribution in [0, 0.1) is 19.7 Å². The van der Waals surface area contributed by atoms with Gasteiger partial charge in [-0.2, -0.15) is 0 Å². The standard InChI is InChI=1S/C18H17FN4OS2/c1-11-4-3-5-13(8-11)20-17-22-23-18(26-17)25-10-16(24)21-15-7-6-12(2)9-14(15)19/h3-9H,10H2,1-2H3,(H,20,22)(H,21,24). The van der Waals surface area contributed by atoms with Crippen molar-refractivity contribution in [3.8, 4) is 0 Å². The fraction of sp³-hybridized carbons (Fsp3) is 0.167. The average Bonchev–Trinajstić information content (AvgIpc) is 3.03. The van der Waals surface area contributed by atoms with Crippen LogP contribution in [0.15, 0.2) is 46.8 Å². The smallest absolute Gasteiger partial charge is 0.234 e. The molecule has 2 N–H and O–H groups in total. The number of rotatable bonds is 6. The fourth-order valence-electron chi connectivity index (χ4n) is 2.20. The number of halogens is 1. The first-order chi connectivity index (χ1) is 12.5. The van der Waals surface area contributed by atoms with Gasteiger partial charge in [-0.25, -0.2) is 4.39 Å². The third-order valence-electron chi connectivity index (χ3n) is 3.40. The number of anilines is 3. The zero-order valence-corrected chi connectivity index (χ0v) is 15.9. The Morgan fingerprint density at radius 2 is 1.96 bits per heavy atom. The number of aromatic nitrogens is 2. The molecule has 26 heavy (non-hydrogen) atoms. The lowest BCUT2D eigenvalue weighted by atomic mass is 10.2. The Bertz CT molecular complexity index is 929. The number of hydrogen-bond acceptors (Lipinski definition) is 6. The maximum Gasteiger partial charge on any atom is 0.234 e. The molecule has 1 amide bonds. The number of nitrogens with zero attached hydrogens (tertiary/aromatic N) is 2. The normalized spacial score (nSPS) is 10.6. The third-order valence-corrected chi connectivity index (χ3v) is 5.37. The Labute approximate surface area is 159 Å². The molecule has 2 aromatic carbocycles. The van der Waals surface area contributed by atoms with E-state index in [1.165, 1.54) is 29.2 Å². The van der Waals surface area contributed by atoms with E-state index >= 15 is 0 Å². The molecule has 0 radical (unpaired) electrons. The quantitative estimate of drug-likeness (QED) is 0.596. The number of benzene rings is 2. The van der Waals surface area contributed by atoms with E-state index in [-0.39, 0.29) is 17.3 Å². The second-order valence-corrected chi connectivity index (χ2v) is 7.89. The number of aryl methyl sites for hydroxylation is 2. The van der Waals surface area contributed by atoms with Gasteiger partial charge in [0.1, 0.15) is 5.82 Å². The Hall–Kier alpha value is -2.45. The van der Waals surface area contributed by atoms with Crippen LogP contribution in [0.3, 0.4) is 0 Å². The number of carbonyl (C=O) groups excluding carboxylic acids is 1. The summed E-state index contributed by atoms with van der Waals surface area (Å²) in [5.74, 6) is -0.600. The molecule has 0 bridgehead atoms. The summed E-state index contributed by atoms with van der Waals surface area (Å²) in [6.45, 7) is 3.81. The molecule has 5 nitrogen and oxygen atoms in total. The van der Waals surface area contributed by atoms with Gasteiger partial charge in [-0.05, 0) is 49.2 Å². The van der Waals surface area contributed by atoms with Crippen LogP contribution in [0.1, 0.15) is 11.1 Å². The third kappa shape index (κ3) is 5.03. The zero-order valence-electron chi connectivity index (χ0n) is 14.2. The molecule has 0 atom stereocenters. The van der Waals surface area contributed by atoms with Crippen LogP contribution in [0.5, 0.6) is 0 Å². The second kappa shape index (κ2) is 8.29. The maximum absolute atomic E-state index is 13.8. The molecule has 0 aliphatic heterocycles. The Kier molecular flexibility index (Phi) is 5.85. The summed E-state index contributed by atoms with van der Waals surface area (Å²) in [4.78, 5) is 12.0. The highest BCUT2D eigenvalue weighted by Gasteiger charge is 2.11. The summed E-state index contributed by atoms with van der Waals surface area (Å²) < 4.78 is 14.4. The zero-order chi connectivity index (χ0) is 18.5. The summed E-state index contributed by atoms with van der Waals surface area (Å²) in [5, 5.41) is 14.5. The second-order valence-electron chi connectivity index (χ2n) is 5.69. The van der Waals surface area contributed by atoms with E-state index in [4.69, 9.17) is 0 Å². The highest BCUT2D eigenvalue weighted by atomic mass is 32.2. The minimum Gasteiger partial charge on any atom is -0.330 e. The van der Waals surface area contributed by atoms with Crippen LogP contribution in [0.25, 0.3) is 0 Å². The summed E-state index contributed by atoms with van der Waals surface area (Å²) in [6, 6.07) is 12.6. The van der Waals surface area contributed by atoms with Crippen molar-refractivity contribution in [2.24, 2.45) is 0 Å². The molecule has 0 spiro atoms. The predicted molar refractivity (Wildman–Crippen MR) is 105 cm³/mol. The van der Waals surface area contributed by atoms with Crippen molar-refractivity contribution < 1.29 is 9.18 Å². The number of carbonyl (C=O) groups is 1. The molecule has 0 saturated carbocycles. The molecule has 0 fully saturated rings. The minimum absolute atomic E-state index is 0.131. The van der Waals surface area contributed by atoms with Gasteiger partial charge in [-0.3, -0.25) is 4.79 Å². The average molecular weight is 388 g/mol. The van der Waals surface area contributed by atoms with Gasteiger partial charge >= 0.3 is 0 Å². The Morgan fingerprint density at radius 1 is 1.15 bits per heavy atom. The van der Waals surface area contributed by atoms with Gasteiger partial charge in [0.25, 0.3) is 0 Å². The molecule has 134 valence electrons. The van der Waals surface area contributed by atoms with Gasteiger partial charge in [-0.15, -0.1) is 10.2 Å². The van der Waals surface area contributed by atoms with E-state index in [0.717, 1.165) is 16.8 Å². The van der Waals surface area contributed by atoms with Crippen molar-refractivity contribution in [2.75, 3.05) is 16.4 Å². The van der Waals surface area contributed by atoms with E-state index in [1.807, 2.05) is 31.2 Å². The number of thioether (sulfide) groups is 1. The van der Waals surface area contributed by atoms with Gasteiger partial charge < -0.3 is 10.6 Å². The van der Waals surface area contributed by atoms with Crippen molar-refractivity contribution in [3.63, 3.8) is 0 Å². The van der Waals surface area contributed by atoms with Crippen molar-refractivity contribution in [1.29, 1.82) is 0 Å². The van der Waals surface area contributed by atoms with E-state index in [9.17, 15) is 9.18 Å². The van der Waals surface area contributed by atoms with Gasteiger partial charge in [0.2, 0.25) is 11.0 Å². The predicted octanol–water partition coefficient (Wildman–Crippen LogP) is 4.77. The lowest BCUT2D eigenvalue weighted by Crippen LogP contribution is -2.15. The number of nitrogens with one attached hydrogen (secondary N) is 2. The van der Waals surface area contributed by atoms with Crippen molar-refractivity contribution >= 4 is 45.5 Å². The van der Waals surface area contributed by atoms with E-state index in [2.05, 4.69) is 20.8 Å². The molecule has 0 aliphatic carbocycles. The first kappa shape index (κ1) is 18.3. The van der Waals surface area contributed by atoms with E-state index in [1.54, 1.807) is 19.1 Å². The molecule has 3 aromatic rings. The van der Waals surface area contributed by atoms with Gasteiger partial charge in [-0.1, -0.05) is 41.3 Å². The summed E-state index contributed by atoms with van der Waals surface area (Å²) in [5.41, 5.74) is 3.07. The van der Waals surface area contributed by atoms with Crippen molar-refractivity contribution in [2.45, 2.75) is 18.2 Å². The molecule has 3 rings (SSSR count). The van der Waals surface area contributed by atoms with Gasteiger partial charge in [0.15, 0.2) is 4.34 Å². The highest BCUT2D eigenvalue weighted by molar-refractivity contribution is 8.01. The van der Waals surface area contributed by atoms with Crippen molar-refractivity contribution in [1.82, 2.24) is 10.2 Å². The van der Waals surface area contributed by atoms with Gasteiger partial charge in [0.05, 0.1) is 11.4 Å². The minimum atomic E-state index is -0.441. The molecule has 0 aliphatic rings. The van der Waals surface area contributed by atoms with E-state index < -0.39 is 5.82 Å². The molecular formula is C18H17FN4OS2.